The normalized spacial score (nSPS) is 15.4. The lowest BCUT2D eigenvalue weighted by atomic mass is 10.0. The van der Waals surface area contributed by atoms with E-state index in [1.54, 1.807) is 12.1 Å². The summed E-state index contributed by atoms with van der Waals surface area (Å²) in [7, 11) is 0. The fourth-order valence-electron chi connectivity index (χ4n) is 1.17. The number of rotatable bonds is 3. The Bertz CT molecular complexity index is 258. The highest BCUT2D eigenvalue weighted by atomic mass is 35.5. The molecule has 0 aliphatic carbocycles. The van der Waals surface area contributed by atoms with Gasteiger partial charge in [-0.1, -0.05) is 23.7 Å². The lowest BCUT2D eigenvalue weighted by Crippen LogP contribution is -2.18. The van der Waals surface area contributed by atoms with Gasteiger partial charge in [0.25, 0.3) is 0 Å². The number of aliphatic hydroxyl groups is 1. The molecule has 1 rings (SSSR count). The van der Waals surface area contributed by atoms with E-state index in [9.17, 15) is 5.11 Å². The molecule has 0 spiro atoms. The molecule has 72 valence electrons. The third kappa shape index (κ3) is 3.35. The summed E-state index contributed by atoms with van der Waals surface area (Å²) in [5.74, 6) is 0. The number of hydrogen-bond donors (Lipinski definition) is 2. The fraction of sp³-hybridized carbons (Fsp3) is 0.400. The first-order chi connectivity index (χ1) is 6.09. The second-order valence-corrected chi connectivity index (χ2v) is 3.72. The van der Waals surface area contributed by atoms with E-state index in [-0.39, 0.29) is 6.04 Å². The third-order valence-electron chi connectivity index (χ3n) is 1.85. The van der Waals surface area contributed by atoms with E-state index < -0.39 is 6.10 Å². The van der Waals surface area contributed by atoms with Gasteiger partial charge >= 0.3 is 0 Å². The molecule has 1 aromatic carbocycles. The molecule has 0 amide bonds. The van der Waals surface area contributed by atoms with Gasteiger partial charge in [0.05, 0.1) is 6.10 Å². The average molecular weight is 200 g/mol. The van der Waals surface area contributed by atoms with Crippen LogP contribution in [0.25, 0.3) is 0 Å². The van der Waals surface area contributed by atoms with Crippen LogP contribution >= 0.6 is 11.6 Å². The summed E-state index contributed by atoms with van der Waals surface area (Å²) in [6.45, 7) is 1.87. The highest BCUT2D eigenvalue weighted by Crippen LogP contribution is 2.19. The van der Waals surface area contributed by atoms with Gasteiger partial charge < -0.3 is 10.8 Å². The van der Waals surface area contributed by atoms with Crippen LogP contribution < -0.4 is 5.73 Å². The summed E-state index contributed by atoms with van der Waals surface area (Å²) in [6, 6.07) is 7.17. The van der Waals surface area contributed by atoms with Crippen molar-refractivity contribution < 1.29 is 5.11 Å². The highest BCUT2D eigenvalue weighted by molar-refractivity contribution is 6.30. The Morgan fingerprint density at radius 1 is 1.38 bits per heavy atom. The van der Waals surface area contributed by atoms with E-state index in [0.717, 1.165) is 5.56 Å². The summed E-state index contributed by atoms with van der Waals surface area (Å²) in [6.07, 6.45) is 0.0824. The molecule has 0 bridgehead atoms. The van der Waals surface area contributed by atoms with Crippen LogP contribution in [-0.4, -0.2) is 11.1 Å². The number of benzene rings is 1. The van der Waals surface area contributed by atoms with Crippen LogP contribution in [0.3, 0.4) is 0 Å². The van der Waals surface area contributed by atoms with Gasteiger partial charge in [-0.25, -0.2) is 0 Å². The topological polar surface area (TPSA) is 46.2 Å². The molecule has 1 aromatic rings. The van der Waals surface area contributed by atoms with E-state index in [2.05, 4.69) is 0 Å². The number of nitrogens with two attached hydrogens (primary N) is 1. The largest absolute Gasteiger partial charge is 0.388 e. The predicted molar refractivity (Wildman–Crippen MR) is 54.7 cm³/mol. The second-order valence-electron chi connectivity index (χ2n) is 3.28. The van der Waals surface area contributed by atoms with E-state index in [1.807, 2.05) is 19.1 Å². The molecule has 13 heavy (non-hydrogen) atoms. The lowest BCUT2D eigenvalue weighted by Gasteiger charge is -2.13. The van der Waals surface area contributed by atoms with Gasteiger partial charge in [0.2, 0.25) is 0 Å². The third-order valence-corrected chi connectivity index (χ3v) is 2.10. The maximum absolute atomic E-state index is 9.66. The molecule has 0 heterocycles. The fourth-order valence-corrected chi connectivity index (χ4v) is 1.30. The number of halogens is 1. The van der Waals surface area contributed by atoms with Crippen LogP contribution in [0.15, 0.2) is 24.3 Å². The Morgan fingerprint density at radius 2 is 1.92 bits per heavy atom. The van der Waals surface area contributed by atoms with Crippen LogP contribution in [0, 0.1) is 0 Å². The van der Waals surface area contributed by atoms with Crippen molar-refractivity contribution in [1.82, 2.24) is 0 Å². The molecule has 0 saturated carbocycles. The van der Waals surface area contributed by atoms with E-state index >= 15 is 0 Å². The maximum Gasteiger partial charge on any atom is 0.0804 e. The Balaban J connectivity index is 2.66. The van der Waals surface area contributed by atoms with Crippen molar-refractivity contribution in [3.05, 3.63) is 34.9 Å². The Morgan fingerprint density at radius 3 is 2.38 bits per heavy atom. The summed E-state index contributed by atoms with van der Waals surface area (Å²) in [5, 5.41) is 10.3. The van der Waals surface area contributed by atoms with Crippen molar-refractivity contribution in [1.29, 1.82) is 0 Å². The molecule has 0 fully saturated rings. The van der Waals surface area contributed by atoms with Crippen LogP contribution in [0.4, 0.5) is 0 Å². The van der Waals surface area contributed by atoms with Crippen molar-refractivity contribution in [2.24, 2.45) is 5.73 Å². The van der Waals surface area contributed by atoms with Crippen molar-refractivity contribution in [3.8, 4) is 0 Å². The minimum absolute atomic E-state index is 0.00526. The van der Waals surface area contributed by atoms with Gasteiger partial charge in [0, 0.05) is 11.1 Å². The van der Waals surface area contributed by atoms with Gasteiger partial charge in [-0.2, -0.15) is 0 Å². The van der Waals surface area contributed by atoms with Crippen LogP contribution in [0.2, 0.25) is 5.02 Å². The molecule has 0 aliphatic rings. The predicted octanol–water partition coefficient (Wildman–Crippen LogP) is 2.11. The molecule has 0 aliphatic heterocycles. The van der Waals surface area contributed by atoms with E-state index in [0.29, 0.717) is 11.4 Å². The monoisotopic (exact) mass is 199 g/mol. The van der Waals surface area contributed by atoms with Crippen molar-refractivity contribution in [3.63, 3.8) is 0 Å². The number of hydrogen-bond acceptors (Lipinski definition) is 2. The summed E-state index contributed by atoms with van der Waals surface area (Å²) >= 11 is 5.72. The lowest BCUT2D eigenvalue weighted by molar-refractivity contribution is 0.160. The molecule has 3 N–H and O–H groups in total. The van der Waals surface area contributed by atoms with Gasteiger partial charge in [-0.05, 0) is 31.0 Å². The van der Waals surface area contributed by atoms with Crippen molar-refractivity contribution in [2.45, 2.75) is 25.5 Å². The minimum atomic E-state index is -0.489. The molecule has 3 heteroatoms. The molecule has 2 nitrogen and oxygen atoms in total. The standard InChI is InChI=1S/C10H14ClNO/c1-7(12)6-10(13)8-2-4-9(11)5-3-8/h2-5,7,10,13H,6,12H2,1H3. The molecular formula is C10H14ClNO. The molecule has 0 aromatic heterocycles. The smallest absolute Gasteiger partial charge is 0.0804 e. The average Bonchev–Trinajstić information content (AvgIpc) is 2.04. The second kappa shape index (κ2) is 4.61. The first-order valence-corrected chi connectivity index (χ1v) is 4.66. The zero-order valence-corrected chi connectivity index (χ0v) is 8.33. The van der Waals surface area contributed by atoms with Gasteiger partial charge in [0.1, 0.15) is 0 Å². The highest BCUT2D eigenvalue weighted by Gasteiger charge is 2.08. The van der Waals surface area contributed by atoms with Crippen LogP contribution in [0.1, 0.15) is 25.0 Å². The minimum Gasteiger partial charge on any atom is -0.388 e. The first kappa shape index (κ1) is 10.5. The quantitative estimate of drug-likeness (QED) is 0.784. The maximum atomic E-state index is 9.66. The molecule has 0 saturated heterocycles. The van der Waals surface area contributed by atoms with Crippen molar-refractivity contribution in [2.75, 3.05) is 0 Å². The first-order valence-electron chi connectivity index (χ1n) is 4.28. The van der Waals surface area contributed by atoms with Gasteiger partial charge in [-0.15, -0.1) is 0 Å². The SMILES string of the molecule is CC(N)CC(O)c1ccc(Cl)cc1. The van der Waals surface area contributed by atoms with Crippen LogP contribution in [0.5, 0.6) is 0 Å². The van der Waals surface area contributed by atoms with Gasteiger partial charge in [0.15, 0.2) is 0 Å². The van der Waals surface area contributed by atoms with Crippen LogP contribution in [-0.2, 0) is 0 Å². The summed E-state index contributed by atoms with van der Waals surface area (Å²) in [5.41, 5.74) is 6.44. The molecule has 2 unspecified atom stereocenters. The summed E-state index contributed by atoms with van der Waals surface area (Å²) in [4.78, 5) is 0. The van der Waals surface area contributed by atoms with Crippen molar-refractivity contribution >= 4 is 11.6 Å². The van der Waals surface area contributed by atoms with Gasteiger partial charge in [-0.3, -0.25) is 0 Å². The summed E-state index contributed by atoms with van der Waals surface area (Å²) < 4.78 is 0. The molecular weight excluding hydrogens is 186 g/mol. The van der Waals surface area contributed by atoms with E-state index in [1.165, 1.54) is 0 Å². The van der Waals surface area contributed by atoms with E-state index in [4.69, 9.17) is 17.3 Å². The Hall–Kier alpha value is -0.570. The Kier molecular flexibility index (Phi) is 3.72. The molecule has 0 radical (unpaired) electrons. The number of aliphatic hydroxyl groups excluding tert-OH is 1. The zero-order chi connectivity index (χ0) is 9.84. The molecule has 2 atom stereocenters. The zero-order valence-electron chi connectivity index (χ0n) is 7.57. The Labute approximate surface area is 83.3 Å².